The molecule has 1 fully saturated rings. The predicted molar refractivity (Wildman–Crippen MR) is 71.4 cm³/mol. The Hall–Kier alpha value is -1.35. The van der Waals surface area contributed by atoms with Crippen LogP contribution in [-0.2, 0) is 24.2 Å². The van der Waals surface area contributed by atoms with E-state index < -0.39 is 0 Å². The van der Waals surface area contributed by atoms with Crippen LogP contribution in [0.3, 0.4) is 0 Å². The van der Waals surface area contributed by atoms with Gasteiger partial charge in [0.25, 0.3) is 0 Å². The zero-order valence-electron chi connectivity index (χ0n) is 10.7. The second kappa shape index (κ2) is 5.11. The third-order valence-electron chi connectivity index (χ3n) is 3.97. The quantitative estimate of drug-likeness (QED) is 0.855. The van der Waals surface area contributed by atoms with Crippen molar-refractivity contribution in [3.05, 3.63) is 34.9 Å². The van der Waals surface area contributed by atoms with Crippen molar-refractivity contribution >= 4 is 5.91 Å². The monoisotopic (exact) mass is 244 g/mol. The van der Waals surface area contributed by atoms with Gasteiger partial charge in [0.15, 0.2) is 0 Å². The van der Waals surface area contributed by atoms with E-state index in [-0.39, 0.29) is 5.91 Å². The molecule has 1 amide bonds. The molecule has 18 heavy (non-hydrogen) atoms. The lowest BCUT2D eigenvalue weighted by Crippen LogP contribution is -2.29. The first-order valence-corrected chi connectivity index (χ1v) is 6.92. The molecular formula is C15H20N2O. The average Bonchev–Trinajstić information content (AvgIpc) is 2.92. The van der Waals surface area contributed by atoms with Gasteiger partial charge in [0.1, 0.15) is 0 Å². The number of carbonyl (C=O) groups is 1. The smallest absolute Gasteiger partial charge is 0.226 e. The van der Waals surface area contributed by atoms with E-state index in [9.17, 15) is 4.79 Å². The highest BCUT2D eigenvalue weighted by atomic mass is 16.2. The molecule has 3 rings (SSSR count). The summed E-state index contributed by atoms with van der Waals surface area (Å²) in [6.07, 6.45) is 4.00. The normalized spacial score (nSPS) is 18.8. The van der Waals surface area contributed by atoms with Crippen LogP contribution in [0.1, 0.15) is 29.5 Å². The minimum absolute atomic E-state index is 0.288. The van der Waals surface area contributed by atoms with E-state index in [0.717, 1.165) is 38.2 Å². The van der Waals surface area contributed by atoms with Gasteiger partial charge in [0.2, 0.25) is 5.91 Å². The number of rotatable bonds is 2. The highest BCUT2D eigenvalue weighted by Gasteiger charge is 2.18. The number of hydrogen-bond donors (Lipinski definition) is 1. The molecule has 1 aromatic rings. The molecule has 0 spiro atoms. The van der Waals surface area contributed by atoms with Gasteiger partial charge in [0, 0.05) is 19.6 Å². The van der Waals surface area contributed by atoms with Crippen LogP contribution in [0.4, 0.5) is 0 Å². The summed E-state index contributed by atoms with van der Waals surface area (Å²) < 4.78 is 0. The maximum atomic E-state index is 12.1. The molecular weight excluding hydrogens is 224 g/mol. The third-order valence-corrected chi connectivity index (χ3v) is 3.97. The highest BCUT2D eigenvalue weighted by Crippen LogP contribution is 2.17. The van der Waals surface area contributed by atoms with Gasteiger partial charge in [-0.1, -0.05) is 18.2 Å². The van der Waals surface area contributed by atoms with Gasteiger partial charge in [-0.25, -0.2) is 0 Å². The fourth-order valence-electron chi connectivity index (χ4n) is 2.90. The largest absolute Gasteiger partial charge is 0.342 e. The van der Waals surface area contributed by atoms with E-state index in [4.69, 9.17) is 0 Å². The van der Waals surface area contributed by atoms with Crippen LogP contribution in [0.2, 0.25) is 0 Å². The SMILES string of the molecule is O=C(Cc1ccc2c(c1)CNCC2)N1CCCC1. The summed E-state index contributed by atoms with van der Waals surface area (Å²) in [6, 6.07) is 6.52. The van der Waals surface area contributed by atoms with Crippen molar-refractivity contribution in [3.8, 4) is 0 Å². The van der Waals surface area contributed by atoms with Crippen LogP contribution < -0.4 is 5.32 Å². The minimum atomic E-state index is 0.288. The van der Waals surface area contributed by atoms with Gasteiger partial charge in [-0.05, 0) is 42.5 Å². The number of fused-ring (bicyclic) bond motifs is 1. The summed E-state index contributed by atoms with van der Waals surface area (Å²) in [6.45, 7) is 3.91. The Kier molecular flexibility index (Phi) is 3.33. The average molecular weight is 244 g/mol. The van der Waals surface area contributed by atoms with Crippen molar-refractivity contribution < 1.29 is 4.79 Å². The fourth-order valence-corrected chi connectivity index (χ4v) is 2.90. The molecule has 2 aliphatic heterocycles. The van der Waals surface area contributed by atoms with Crippen molar-refractivity contribution in [1.29, 1.82) is 0 Å². The van der Waals surface area contributed by atoms with Crippen LogP contribution in [0, 0.1) is 0 Å². The Morgan fingerprint density at radius 2 is 2.06 bits per heavy atom. The molecule has 3 heteroatoms. The minimum Gasteiger partial charge on any atom is -0.342 e. The zero-order valence-corrected chi connectivity index (χ0v) is 10.7. The molecule has 1 saturated heterocycles. The summed E-state index contributed by atoms with van der Waals surface area (Å²) >= 11 is 0. The van der Waals surface area contributed by atoms with Crippen molar-refractivity contribution in [1.82, 2.24) is 10.2 Å². The number of amides is 1. The van der Waals surface area contributed by atoms with E-state index in [1.807, 2.05) is 4.90 Å². The summed E-state index contributed by atoms with van der Waals surface area (Å²) in [5.41, 5.74) is 3.97. The summed E-state index contributed by atoms with van der Waals surface area (Å²) in [7, 11) is 0. The molecule has 0 radical (unpaired) electrons. The molecule has 2 heterocycles. The first kappa shape index (κ1) is 11.7. The predicted octanol–water partition coefficient (Wildman–Crippen LogP) is 1.50. The van der Waals surface area contributed by atoms with E-state index >= 15 is 0 Å². The van der Waals surface area contributed by atoms with E-state index in [1.165, 1.54) is 24.0 Å². The molecule has 0 aromatic heterocycles. The second-order valence-electron chi connectivity index (χ2n) is 5.29. The molecule has 0 saturated carbocycles. The maximum absolute atomic E-state index is 12.1. The van der Waals surface area contributed by atoms with Gasteiger partial charge in [0.05, 0.1) is 6.42 Å². The van der Waals surface area contributed by atoms with Crippen molar-refractivity contribution in [2.24, 2.45) is 0 Å². The molecule has 1 N–H and O–H groups in total. The summed E-state index contributed by atoms with van der Waals surface area (Å²) in [5.74, 6) is 0.288. The van der Waals surface area contributed by atoms with Crippen LogP contribution in [0.5, 0.6) is 0 Å². The topological polar surface area (TPSA) is 32.3 Å². The second-order valence-corrected chi connectivity index (χ2v) is 5.29. The Balaban J connectivity index is 1.70. The Morgan fingerprint density at radius 3 is 2.89 bits per heavy atom. The lowest BCUT2D eigenvalue weighted by Gasteiger charge is -2.19. The first-order valence-electron chi connectivity index (χ1n) is 6.92. The zero-order chi connectivity index (χ0) is 12.4. The van der Waals surface area contributed by atoms with Gasteiger partial charge < -0.3 is 10.2 Å². The van der Waals surface area contributed by atoms with E-state index in [1.54, 1.807) is 0 Å². The number of benzene rings is 1. The fraction of sp³-hybridized carbons (Fsp3) is 0.533. The maximum Gasteiger partial charge on any atom is 0.226 e. The van der Waals surface area contributed by atoms with Gasteiger partial charge in [-0.15, -0.1) is 0 Å². The number of likely N-dealkylation sites (tertiary alicyclic amines) is 1. The van der Waals surface area contributed by atoms with Crippen molar-refractivity contribution in [3.63, 3.8) is 0 Å². The Labute approximate surface area is 108 Å². The van der Waals surface area contributed by atoms with Gasteiger partial charge in [-0.2, -0.15) is 0 Å². The van der Waals surface area contributed by atoms with Gasteiger partial charge in [-0.3, -0.25) is 4.79 Å². The Bertz CT molecular complexity index is 450. The van der Waals surface area contributed by atoms with Crippen LogP contribution in [-0.4, -0.2) is 30.4 Å². The number of hydrogen-bond acceptors (Lipinski definition) is 2. The first-order chi connectivity index (χ1) is 8.83. The standard InChI is InChI=1S/C15H20N2O/c18-15(17-7-1-2-8-17)10-12-3-4-13-5-6-16-11-14(13)9-12/h3-4,9,16H,1-2,5-8,10-11H2. The molecule has 0 aliphatic carbocycles. The number of carbonyl (C=O) groups excluding carboxylic acids is 1. The van der Waals surface area contributed by atoms with Gasteiger partial charge >= 0.3 is 0 Å². The molecule has 96 valence electrons. The number of nitrogens with zero attached hydrogens (tertiary/aromatic N) is 1. The molecule has 0 bridgehead atoms. The third kappa shape index (κ3) is 2.41. The lowest BCUT2D eigenvalue weighted by atomic mass is 9.97. The molecule has 2 aliphatic rings. The summed E-state index contributed by atoms with van der Waals surface area (Å²) in [5, 5.41) is 3.38. The lowest BCUT2D eigenvalue weighted by molar-refractivity contribution is -0.129. The number of nitrogens with one attached hydrogen (secondary N) is 1. The molecule has 3 nitrogen and oxygen atoms in total. The van der Waals surface area contributed by atoms with Crippen molar-refractivity contribution in [2.75, 3.05) is 19.6 Å². The van der Waals surface area contributed by atoms with Crippen LogP contribution >= 0.6 is 0 Å². The molecule has 0 unspecified atom stereocenters. The highest BCUT2D eigenvalue weighted by molar-refractivity contribution is 5.79. The molecule has 0 atom stereocenters. The van der Waals surface area contributed by atoms with Crippen LogP contribution in [0.25, 0.3) is 0 Å². The van der Waals surface area contributed by atoms with E-state index in [2.05, 4.69) is 23.5 Å². The summed E-state index contributed by atoms with van der Waals surface area (Å²) in [4.78, 5) is 14.1. The van der Waals surface area contributed by atoms with E-state index in [0.29, 0.717) is 6.42 Å². The Morgan fingerprint density at radius 1 is 1.22 bits per heavy atom. The van der Waals surface area contributed by atoms with Crippen LogP contribution in [0.15, 0.2) is 18.2 Å². The van der Waals surface area contributed by atoms with Crippen molar-refractivity contribution in [2.45, 2.75) is 32.2 Å². The molecule has 1 aromatic carbocycles.